The van der Waals surface area contributed by atoms with Crippen molar-refractivity contribution in [1.29, 1.82) is 0 Å². The van der Waals surface area contributed by atoms with Crippen molar-refractivity contribution in [2.24, 2.45) is 10.2 Å². The van der Waals surface area contributed by atoms with E-state index in [1.807, 2.05) is 31.2 Å². The highest BCUT2D eigenvalue weighted by Gasteiger charge is 2.28. The van der Waals surface area contributed by atoms with Crippen LogP contribution in [0.3, 0.4) is 0 Å². The lowest BCUT2D eigenvalue weighted by Crippen LogP contribution is -2.24. The van der Waals surface area contributed by atoms with E-state index < -0.39 is 0 Å². The number of nitrogens with zero attached hydrogens (tertiary/aromatic N) is 2. The third kappa shape index (κ3) is 2.97. The quantitative estimate of drug-likeness (QED) is 0.699. The van der Waals surface area contributed by atoms with E-state index in [2.05, 4.69) is 33.7 Å². The first kappa shape index (κ1) is 13.8. The van der Waals surface area contributed by atoms with E-state index in [0.717, 1.165) is 17.4 Å². The number of hydrogen-bond acceptors (Lipinski definition) is 4. The molecule has 1 fully saturated rings. The van der Waals surface area contributed by atoms with Crippen LogP contribution in [0.25, 0.3) is 10.8 Å². The molecule has 1 aliphatic heterocycles. The predicted molar refractivity (Wildman–Crippen MR) is 88.8 cm³/mol. The zero-order valence-corrected chi connectivity index (χ0v) is 12.4. The van der Waals surface area contributed by atoms with Crippen molar-refractivity contribution in [1.82, 2.24) is 5.32 Å². The van der Waals surface area contributed by atoms with Gasteiger partial charge in [-0.1, -0.05) is 61.2 Å². The Morgan fingerprint density at radius 1 is 1.24 bits per heavy atom. The van der Waals surface area contributed by atoms with Crippen LogP contribution >= 0.6 is 11.8 Å². The minimum atomic E-state index is -0.0449. The van der Waals surface area contributed by atoms with Gasteiger partial charge in [-0.25, -0.2) is 0 Å². The van der Waals surface area contributed by atoms with Gasteiger partial charge in [0, 0.05) is 5.56 Å². The molecule has 3 rings (SSSR count). The molecular formula is C16H15N3OS. The van der Waals surface area contributed by atoms with E-state index in [-0.39, 0.29) is 11.2 Å². The largest absolute Gasteiger partial charge is 0.303 e. The maximum Gasteiger partial charge on any atom is 0.239 e. The first-order valence-corrected chi connectivity index (χ1v) is 7.72. The summed E-state index contributed by atoms with van der Waals surface area (Å²) in [6.07, 6.45) is 2.52. The highest BCUT2D eigenvalue weighted by Crippen LogP contribution is 2.22. The van der Waals surface area contributed by atoms with Gasteiger partial charge in [-0.05, 0) is 17.2 Å². The number of amides is 1. The van der Waals surface area contributed by atoms with Crippen molar-refractivity contribution in [3.63, 3.8) is 0 Å². The summed E-state index contributed by atoms with van der Waals surface area (Å²) in [7, 11) is 0. The molecule has 0 bridgehead atoms. The van der Waals surface area contributed by atoms with Crippen LogP contribution in [0.5, 0.6) is 0 Å². The maximum atomic E-state index is 11.6. The Morgan fingerprint density at radius 3 is 2.86 bits per heavy atom. The van der Waals surface area contributed by atoms with Gasteiger partial charge in [0.2, 0.25) is 5.91 Å². The van der Waals surface area contributed by atoms with Crippen LogP contribution in [0.2, 0.25) is 0 Å². The molecule has 1 amide bonds. The molecule has 0 radical (unpaired) electrons. The van der Waals surface area contributed by atoms with Gasteiger partial charge in [0.25, 0.3) is 0 Å². The summed E-state index contributed by atoms with van der Waals surface area (Å²) in [6, 6.07) is 14.2. The number of amidine groups is 1. The van der Waals surface area contributed by atoms with Crippen LogP contribution in [-0.2, 0) is 4.79 Å². The molecule has 1 saturated heterocycles. The second-order valence-corrected chi connectivity index (χ2v) is 5.91. The first-order chi connectivity index (χ1) is 10.3. The van der Waals surface area contributed by atoms with E-state index in [1.54, 1.807) is 6.21 Å². The molecule has 0 aliphatic carbocycles. The summed E-state index contributed by atoms with van der Waals surface area (Å²) >= 11 is 1.43. The van der Waals surface area contributed by atoms with Crippen LogP contribution in [-0.4, -0.2) is 22.5 Å². The van der Waals surface area contributed by atoms with Gasteiger partial charge in [-0.2, -0.15) is 5.10 Å². The fourth-order valence-corrected chi connectivity index (χ4v) is 3.08. The van der Waals surface area contributed by atoms with Crippen LogP contribution in [0.4, 0.5) is 0 Å². The Labute approximate surface area is 127 Å². The number of carbonyl (C=O) groups is 1. The molecule has 1 aliphatic rings. The monoisotopic (exact) mass is 297 g/mol. The lowest BCUT2D eigenvalue weighted by atomic mass is 10.1. The van der Waals surface area contributed by atoms with E-state index in [4.69, 9.17) is 0 Å². The molecule has 0 spiro atoms. The Hall–Kier alpha value is -2.14. The number of carbonyl (C=O) groups excluding carboxylic acids is 1. The second kappa shape index (κ2) is 6.10. The van der Waals surface area contributed by atoms with Crippen molar-refractivity contribution < 1.29 is 4.79 Å². The third-order valence-electron chi connectivity index (χ3n) is 3.32. The van der Waals surface area contributed by atoms with Crippen LogP contribution in [0.1, 0.15) is 18.9 Å². The van der Waals surface area contributed by atoms with Gasteiger partial charge < -0.3 is 5.32 Å². The van der Waals surface area contributed by atoms with E-state index >= 15 is 0 Å². The number of thioether (sulfide) groups is 1. The zero-order valence-electron chi connectivity index (χ0n) is 11.6. The fourth-order valence-electron chi connectivity index (χ4n) is 2.23. The number of nitrogens with one attached hydrogen (secondary N) is 1. The van der Waals surface area contributed by atoms with E-state index in [9.17, 15) is 4.79 Å². The highest BCUT2D eigenvalue weighted by molar-refractivity contribution is 8.15. The summed E-state index contributed by atoms with van der Waals surface area (Å²) in [5.41, 5.74) is 1.01. The minimum Gasteiger partial charge on any atom is -0.303 e. The third-order valence-corrected chi connectivity index (χ3v) is 4.55. The van der Waals surface area contributed by atoms with Crippen LogP contribution in [0.15, 0.2) is 52.7 Å². The Morgan fingerprint density at radius 2 is 2.05 bits per heavy atom. The minimum absolute atomic E-state index is 0.0154. The average molecular weight is 297 g/mol. The normalized spacial score (nSPS) is 20.5. The molecule has 2 aromatic rings. The summed E-state index contributed by atoms with van der Waals surface area (Å²) in [4.78, 5) is 11.6. The Balaban J connectivity index is 1.81. The standard InChI is InChI=1S/C16H15N3OS/c1-2-14-15(20)18-16(21-14)19-17-10-12-8-5-7-11-6-3-4-9-13(11)12/h3-10,14H,2H2,1H3,(H,18,19,20)/b17-10-/t14-/m1/s1. The number of rotatable bonds is 3. The Bertz CT molecular complexity index is 734. The van der Waals surface area contributed by atoms with Crippen molar-refractivity contribution in [2.45, 2.75) is 18.6 Å². The highest BCUT2D eigenvalue weighted by atomic mass is 32.2. The van der Waals surface area contributed by atoms with Gasteiger partial charge in [0.1, 0.15) is 0 Å². The second-order valence-electron chi connectivity index (χ2n) is 4.72. The smallest absolute Gasteiger partial charge is 0.239 e. The topological polar surface area (TPSA) is 53.8 Å². The van der Waals surface area contributed by atoms with E-state index in [0.29, 0.717) is 5.17 Å². The summed E-state index contributed by atoms with van der Waals surface area (Å²) in [5, 5.41) is 13.8. The van der Waals surface area contributed by atoms with Gasteiger partial charge in [0.05, 0.1) is 11.5 Å². The molecular weight excluding hydrogens is 282 g/mol. The van der Waals surface area contributed by atoms with Gasteiger partial charge in [-0.3, -0.25) is 4.79 Å². The summed E-state index contributed by atoms with van der Waals surface area (Å²) in [6.45, 7) is 1.99. The molecule has 0 unspecified atom stereocenters. The van der Waals surface area contributed by atoms with Crippen molar-refractivity contribution in [3.8, 4) is 0 Å². The number of benzene rings is 2. The van der Waals surface area contributed by atoms with Gasteiger partial charge in [-0.15, -0.1) is 5.10 Å². The molecule has 21 heavy (non-hydrogen) atoms. The van der Waals surface area contributed by atoms with Crippen molar-refractivity contribution in [3.05, 3.63) is 48.0 Å². The zero-order chi connectivity index (χ0) is 14.7. The Kier molecular flexibility index (Phi) is 4.01. The van der Waals surface area contributed by atoms with Crippen molar-refractivity contribution in [2.75, 3.05) is 0 Å². The molecule has 106 valence electrons. The molecule has 2 aromatic carbocycles. The van der Waals surface area contributed by atoms with Gasteiger partial charge in [0.15, 0.2) is 5.17 Å². The number of hydrogen-bond donors (Lipinski definition) is 1. The molecule has 1 atom stereocenters. The maximum absolute atomic E-state index is 11.6. The molecule has 1 heterocycles. The van der Waals surface area contributed by atoms with Crippen LogP contribution in [0, 0.1) is 0 Å². The van der Waals surface area contributed by atoms with Crippen molar-refractivity contribution >= 4 is 39.8 Å². The molecule has 5 heteroatoms. The predicted octanol–water partition coefficient (Wildman–Crippen LogP) is 3.17. The lowest BCUT2D eigenvalue weighted by Gasteiger charge is -2.00. The van der Waals surface area contributed by atoms with Crippen LogP contribution < -0.4 is 5.32 Å². The molecule has 4 nitrogen and oxygen atoms in total. The SMILES string of the molecule is CC[C@H]1S/C(=N\N=C/c2cccc3ccccc23)NC1=O. The van der Waals surface area contributed by atoms with Gasteiger partial charge >= 0.3 is 0 Å². The summed E-state index contributed by atoms with van der Waals surface area (Å²) in [5.74, 6) is 0.0154. The summed E-state index contributed by atoms with van der Waals surface area (Å²) < 4.78 is 0. The fraction of sp³-hybridized carbons (Fsp3) is 0.188. The molecule has 0 saturated carbocycles. The lowest BCUT2D eigenvalue weighted by molar-refractivity contribution is -0.118. The number of fused-ring (bicyclic) bond motifs is 1. The van der Waals surface area contributed by atoms with E-state index in [1.165, 1.54) is 17.1 Å². The first-order valence-electron chi connectivity index (χ1n) is 6.84. The molecule has 1 N–H and O–H groups in total. The molecule has 0 aromatic heterocycles. The average Bonchev–Trinajstić information content (AvgIpc) is 2.87.